The second kappa shape index (κ2) is 6.71. The Hall–Kier alpha value is -2.62. The molecule has 0 atom stereocenters. The van der Waals surface area contributed by atoms with E-state index in [9.17, 15) is 18.3 Å². The van der Waals surface area contributed by atoms with Crippen LogP contribution in [0.15, 0.2) is 56.7 Å². The summed E-state index contributed by atoms with van der Waals surface area (Å²) in [5.41, 5.74) is 1.14. The highest BCUT2D eigenvalue weighted by atomic mass is 32.2. The van der Waals surface area contributed by atoms with Gasteiger partial charge in [-0.1, -0.05) is 0 Å². The average molecular weight is 378 g/mol. The van der Waals surface area contributed by atoms with Crippen molar-refractivity contribution in [1.82, 2.24) is 0 Å². The maximum absolute atomic E-state index is 12.1. The highest BCUT2D eigenvalue weighted by Gasteiger charge is 2.22. The second-order valence-electron chi connectivity index (χ2n) is 5.19. The van der Waals surface area contributed by atoms with Crippen LogP contribution in [-0.4, -0.2) is 19.5 Å². The summed E-state index contributed by atoms with van der Waals surface area (Å²) in [6.45, 7) is 0.261. The molecule has 0 unspecified atom stereocenters. The van der Waals surface area contributed by atoms with Crippen molar-refractivity contribution in [3.63, 3.8) is 0 Å². The van der Waals surface area contributed by atoms with Crippen LogP contribution >= 0.6 is 11.3 Å². The van der Waals surface area contributed by atoms with E-state index >= 15 is 0 Å². The highest BCUT2D eigenvalue weighted by Crippen LogP contribution is 2.36. The molecule has 0 aliphatic carbocycles. The number of furan rings is 1. The summed E-state index contributed by atoms with van der Waals surface area (Å²) in [4.78, 5) is 11.1. The van der Waals surface area contributed by atoms with Gasteiger partial charge in [0, 0.05) is 11.3 Å². The van der Waals surface area contributed by atoms with E-state index in [1.54, 1.807) is 29.0 Å². The molecule has 0 fully saturated rings. The van der Waals surface area contributed by atoms with Gasteiger partial charge in [-0.3, -0.25) is 0 Å². The zero-order chi connectivity index (χ0) is 18.0. The van der Waals surface area contributed by atoms with E-state index in [2.05, 4.69) is 5.32 Å². The molecule has 0 saturated carbocycles. The molecule has 3 rings (SSSR count). The van der Waals surface area contributed by atoms with Crippen molar-refractivity contribution in [2.24, 2.45) is 5.14 Å². The Kier molecular flexibility index (Phi) is 4.62. The molecule has 2 aromatic heterocycles. The fourth-order valence-electron chi connectivity index (χ4n) is 2.40. The first-order valence-electron chi connectivity index (χ1n) is 7.09. The Morgan fingerprint density at radius 2 is 2.12 bits per heavy atom. The number of sulfonamides is 1. The first-order chi connectivity index (χ1) is 11.9. The first-order valence-corrected chi connectivity index (χ1v) is 9.58. The van der Waals surface area contributed by atoms with E-state index in [0.29, 0.717) is 22.6 Å². The maximum atomic E-state index is 12.1. The second-order valence-corrected chi connectivity index (χ2v) is 7.50. The number of anilines is 1. The molecule has 130 valence electrons. The van der Waals surface area contributed by atoms with Gasteiger partial charge in [-0.2, -0.15) is 11.3 Å². The number of carbonyl (C=O) groups is 1. The Morgan fingerprint density at radius 1 is 1.32 bits per heavy atom. The van der Waals surface area contributed by atoms with E-state index < -0.39 is 16.0 Å². The van der Waals surface area contributed by atoms with E-state index in [-0.39, 0.29) is 17.0 Å². The number of carboxylic acids is 1. The number of carboxylic acid groups (broad SMARTS) is 1. The molecular weight excluding hydrogens is 364 g/mol. The molecule has 0 bridgehead atoms. The molecule has 9 heteroatoms. The van der Waals surface area contributed by atoms with Gasteiger partial charge in [0.05, 0.1) is 23.3 Å². The number of benzene rings is 1. The smallest absolute Gasteiger partial charge is 0.335 e. The number of hydrogen-bond donors (Lipinski definition) is 3. The molecular formula is C16H14N2O5S2. The third-order valence-corrected chi connectivity index (χ3v) is 5.12. The van der Waals surface area contributed by atoms with E-state index in [4.69, 9.17) is 9.56 Å². The van der Waals surface area contributed by atoms with Gasteiger partial charge in [0.15, 0.2) is 0 Å². The van der Waals surface area contributed by atoms with Crippen molar-refractivity contribution in [1.29, 1.82) is 0 Å². The molecule has 3 aromatic rings. The van der Waals surface area contributed by atoms with Crippen LogP contribution in [0.25, 0.3) is 11.1 Å². The lowest BCUT2D eigenvalue weighted by atomic mass is 10.0. The molecule has 25 heavy (non-hydrogen) atoms. The molecule has 0 aliphatic rings. The lowest BCUT2D eigenvalue weighted by Gasteiger charge is -2.15. The summed E-state index contributed by atoms with van der Waals surface area (Å²) < 4.78 is 29.3. The molecule has 0 spiro atoms. The molecule has 0 radical (unpaired) electrons. The number of nitrogens with two attached hydrogens (primary N) is 1. The summed E-state index contributed by atoms with van der Waals surface area (Å²) in [6, 6.07) is 7.67. The summed E-state index contributed by atoms with van der Waals surface area (Å²) in [5, 5.41) is 21.2. The third-order valence-electron chi connectivity index (χ3n) is 3.50. The van der Waals surface area contributed by atoms with Gasteiger partial charge in [0.25, 0.3) is 0 Å². The number of aromatic carboxylic acids is 1. The molecule has 2 heterocycles. The number of nitrogens with one attached hydrogen (secondary N) is 1. The minimum Gasteiger partial charge on any atom is -0.478 e. The van der Waals surface area contributed by atoms with Crippen molar-refractivity contribution >= 4 is 33.0 Å². The van der Waals surface area contributed by atoms with Gasteiger partial charge in [-0.05, 0) is 46.7 Å². The van der Waals surface area contributed by atoms with Crippen LogP contribution in [0.5, 0.6) is 0 Å². The summed E-state index contributed by atoms with van der Waals surface area (Å²) in [7, 11) is -4.13. The fraction of sp³-hybridized carbons (Fsp3) is 0.0625. The predicted molar refractivity (Wildman–Crippen MR) is 94.1 cm³/mol. The van der Waals surface area contributed by atoms with E-state index in [0.717, 1.165) is 6.07 Å². The summed E-state index contributed by atoms with van der Waals surface area (Å²) >= 11 is 1.39. The van der Waals surface area contributed by atoms with Crippen LogP contribution < -0.4 is 10.5 Å². The third kappa shape index (κ3) is 3.73. The SMILES string of the molecule is NS(=O)(=O)c1cc(C(=O)O)cc(NCc2ccco2)c1-c1ccsc1. The van der Waals surface area contributed by atoms with Crippen LogP contribution in [0.1, 0.15) is 16.1 Å². The highest BCUT2D eigenvalue weighted by molar-refractivity contribution is 7.89. The lowest BCUT2D eigenvalue weighted by molar-refractivity contribution is 0.0696. The minimum absolute atomic E-state index is 0.176. The van der Waals surface area contributed by atoms with Gasteiger partial charge in [0.2, 0.25) is 10.0 Å². The normalized spacial score (nSPS) is 11.4. The largest absolute Gasteiger partial charge is 0.478 e. The van der Waals surface area contributed by atoms with Crippen LogP contribution in [-0.2, 0) is 16.6 Å². The van der Waals surface area contributed by atoms with Crippen molar-refractivity contribution in [2.75, 3.05) is 5.32 Å². The van der Waals surface area contributed by atoms with Gasteiger partial charge >= 0.3 is 5.97 Å². The van der Waals surface area contributed by atoms with Crippen LogP contribution in [0.3, 0.4) is 0 Å². The predicted octanol–water partition coefficient (Wildman–Crippen LogP) is 2.97. The molecule has 4 N–H and O–H groups in total. The van der Waals surface area contributed by atoms with Gasteiger partial charge in [-0.25, -0.2) is 18.4 Å². The Labute approximate surface area is 147 Å². The monoisotopic (exact) mass is 378 g/mol. The minimum atomic E-state index is -4.13. The number of thiophene rings is 1. The maximum Gasteiger partial charge on any atom is 0.335 e. The summed E-state index contributed by atoms with van der Waals surface area (Å²) in [6.07, 6.45) is 1.51. The van der Waals surface area contributed by atoms with Crippen LogP contribution in [0.4, 0.5) is 5.69 Å². The lowest BCUT2D eigenvalue weighted by Crippen LogP contribution is -2.16. The molecule has 1 aromatic carbocycles. The number of primary sulfonamides is 1. The molecule has 0 saturated heterocycles. The van der Waals surface area contributed by atoms with E-state index in [1.165, 1.54) is 23.7 Å². The van der Waals surface area contributed by atoms with Gasteiger partial charge in [0.1, 0.15) is 5.76 Å². The topological polar surface area (TPSA) is 123 Å². The van der Waals surface area contributed by atoms with E-state index in [1.807, 2.05) is 0 Å². The Bertz CT molecular complexity index is 994. The zero-order valence-electron chi connectivity index (χ0n) is 12.8. The average Bonchev–Trinajstić information content (AvgIpc) is 3.24. The van der Waals surface area contributed by atoms with Crippen LogP contribution in [0.2, 0.25) is 0 Å². The van der Waals surface area contributed by atoms with Crippen molar-refractivity contribution < 1.29 is 22.7 Å². The fourth-order valence-corrected chi connectivity index (χ4v) is 3.85. The van der Waals surface area contributed by atoms with Gasteiger partial charge < -0.3 is 14.8 Å². The number of rotatable bonds is 6. The van der Waals surface area contributed by atoms with Crippen molar-refractivity contribution in [3.05, 3.63) is 58.7 Å². The van der Waals surface area contributed by atoms with Crippen molar-refractivity contribution in [2.45, 2.75) is 11.4 Å². The van der Waals surface area contributed by atoms with Crippen molar-refractivity contribution in [3.8, 4) is 11.1 Å². The number of hydrogen-bond acceptors (Lipinski definition) is 6. The first kappa shape index (κ1) is 17.2. The Morgan fingerprint density at radius 3 is 2.68 bits per heavy atom. The summed E-state index contributed by atoms with van der Waals surface area (Å²) in [5.74, 6) is -0.628. The standard InChI is InChI=1S/C16H14N2O5S2/c17-25(21,22)14-7-11(16(19)20)6-13(15(14)10-3-5-24-9-10)18-8-12-2-1-4-23-12/h1-7,9,18H,8H2,(H,19,20)(H2,17,21,22). The van der Waals surface area contributed by atoms with Crippen LogP contribution in [0, 0.1) is 0 Å². The Balaban J connectivity index is 2.18. The van der Waals surface area contributed by atoms with Gasteiger partial charge in [-0.15, -0.1) is 0 Å². The quantitative estimate of drug-likeness (QED) is 0.606. The molecule has 0 amide bonds. The molecule has 0 aliphatic heterocycles. The molecule has 7 nitrogen and oxygen atoms in total. The zero-order valence-corrected chi connectivity index (χ0v) is 14.4.